The molecule has 3 N–H and O–H groups in total. The molecule has 2 saturated heterocycles. The summed E-state index contributed by atoms with van der Waals surface area (Å²) in [6.45, 7) is 10.7. The summed E-state index contributed by atoms with van der Waals surface area (Å²) < 4.78 is 53.8. The molecule has 6 amide bonds. The third kappa shape index (κ3) is 8.94. The van der Waals surface area contributed by atoms with Crippen LogP contribution in [-0.2, 0) is 51.8 Å². The average molecular weight is 803 g/mol. The number of nitrogens with zero attached hydrogens (tertiary/aromatic N) is 3. The van der Waals surface area contributed by atoms with Crippen molar-refractivity contribution < 1.29 is 51.0 Å². The van der Waals surface area contributed by atoms with Gasteiger partial charge in [-0.2, -0.15) is 0 Å². The number of benzene rings is 1. The second-order valence-electron chi connectivity index (χ2n) is 16.6. The van der Waals surface area contributed by atoms with Crippen molar-refractivity contribution in [2.24, 2.45) is 11.8 Å². The maximum absolute atomic E-state index is 14.5. The number of amides is 6. The Kier molecular flexibility index (Phi) is 11.4. The van der Waals surface area contributed by atoms with Crippen LogP contribution in [0.4, 0.5) is 14.0 Å². The maximum atomic E-state index is 14.5. The van der Waals surface area contributed by atoms with Gasteiger partial charge in [0, 0.05) is 31.6 Å². The molecule has 306 valence electrons. The highest BCUT2D eigenvalue weighted by Crippen LogP contribution is 2.50. The van der Waals surface area contributed by atoms with E-state index in [-0.39, 0.29) is 70.2 Å². The fourth-order valence-electron chi connectivity index (χ4n) is 7.94. The minimum Gasteiger partial charge on any atom is -0.444 e. The molecule has 0 radical (unpaired) electrons. The number of carbonyl (C=O) groups excluding carboxylic acids is 6. The molecule has 0 aromatic heterocycles. The SMILES string of the molecule is C=CC(=O)N1CCC[C@H](NC(=O)OC(C)(C)C)C(=O)N2C[C@H](OC(=O)N3Cc4cccc(F)c4C3)CC2C(=O)N[C@]2(C(=O)NS(=O)(=O)C3CC3)C[C@H]2C(C)CC1. The van der Waals surface area contributed by atoms with E-state index in [4.69, 9.17) is 9.47 Å². The van der Waals surface area contributed by atoms with Crippen molar-refractivity contribution in [2.75, 3.05) is 19.6 Å². The molecule has 18 heteroatoms. The van der Waals surface area contributed by atoms with Gasteiger partial charge in [-0.05, 0) is 88.8 Å². The topological polar surface area (TPSA) is 201 Å². The molecule has 1 aromatic rings. The van der Waals surface area contributed by atoms with E-state index in [0.29, 0.717) is 30.4 Å². The highest BCUT2D eigenvalue weighted by molar-refractivity contribution is 7.91. The summed E-state index contributed by atoms with van der Waals surface area (Å²) in [5.74, 6) is -3.94. The predicted octanol–water partition coefficient (Wildman–Crippen LogP) is 2.46. The molecule has 16 nitrogen and oxygen atoms in total. The third-order valence-corrected chi connectivity index (χ3v) is 13.0. The van der Waals surface area contributed by atoms with E-state index in [1.807, 2.05) is 6.92 Å². The van der Waals surface area contributed by atoms with Crippen molar-refractivity contribution in [2.45, 2.75) is 120 Å². The molecule has 4 fully saturated rings. The number of fused-ring (bicyclic) bond motifs is 3. The molecule has 6 atom stereocenters. The van der Waals surface area contributed by atoms with Crippen molar-refractivity contribution in [3.05, 3.63) is 47.8 Å². The first-order valence-electron chi connectivity index (χ1n) is 19.1. The largest absolute Gasteiger partial charge is 0.444 e. The number of sulfonamides is 1. The molecule has 2 saturated carbocycles. The second kappa shape index (κ2) is 15.7. The molecule has 0 bridgehead atoms. The summed E-state index contributed by atoms with van der Waals surface area (Å²) in [5.41, 5.74) is -1.56. The Labute approximate surface area is 325 Å². The molecule has 3 aliphatic heterocycles. The van der Waals surface area contributed by atoms with E-state index in [9.17, 15) is 41.6 Å². The van der Waals surface area contributed by atoms with Gasteiger partial charge in [-0.3, -0.25) is 28.8 Å². The number of nitrogens with one attached hydrogen (secondary N) is 3. The van der Waals surface area contributed by atoms with Gasteiger partial charge in [-0.25, -0.2) is 22.4 Å². The Morgan fingerprint density at radius 2 is 1.79 bits per heavy atom. The van der Waals surface area contributed by atoms with E-state index in [2.05, 4.69) is 21.9 Å². The molecule has 3 heterocycles. The highest BCUT2D eigenvalue weighted by atomic mass is 32.2. The van der Waals surface area contributed by atoms with Crippen molar-refractivity contribution >= 4 is 45.8 Å². The Morgan fingerprint density at radius 3 is 2.45 bits per heavy atom. The van der Waals surface area contributed by atoms with Crippen molar-refractivity contribution in [1.82, 2.24) is 30.1 Å². The lowest BCUT2D eigenvalue weighted by Gasteiger charge is -2.30. The first kappa shape index (κ1) is 40.9. The summed E-state index contributed by atoms with van der Waals surface area (Å²) in [7, 11) is -4.00. The van der Waals surface area contributed by atoms with Gasteiger partial charge in [0.05, 0.1) is 18.3 Å². The van der Waals surface area contributed by atoms with Crippen LogP contribution in [0.3, 0.4) is 0 Å². The van der Waals surface area contributed by atoms with Crippen LogP contribution in [0, 0.1) is 17.7 Å². The van der Waals surface area contributed by atoms with Crippen LogP contribution >= 0.6 is 0 Å². The Hall–Kier alpha value is -4.74. The lowest BCUT2D eigenvalue weighted by molar-refractivity contribution is -0.141. The molecular formula is C38H51FN6O10S. The summed E-state index contributed by atoms with van der Waals surface area (Å²) in [6, 6.07) is 2.01. The Morgan fingerprint density at radius 1 is 1.05 bits per heavy atom. The van der Waals surface area contributed by atoms with Crippen LogP contribution in [0.25, 0.3) is 0 Å². The van der Waals surface area contributed by atoms with E-state index < -0.39 is 86.2 Å². The Bertz CT molecular complexity index is 1900. The average Bonchev–Trinajstić information content (AvgIpc) is 4.02. The van der Waals surface area contributed by atoms with Crippen LogP contribution < -0.4 is 15.4 Å². The van der Waals surface area contributed by atoms with E-state index in [1.54, 1.807) is 37.8 Å². The van der Waals surface area contributed by atoms with Crippen molar-refractivity contribution in [3.8, 4) is 0 Å². The monoisotopic (exact) mass is 802 g/mol. The maximum Gasteiger partial charge on any atom is 0.410 e. The van der Waals surface area contributed by atoms with Gasteiger partial charge < -0.3 is 29.9 Å². The van der Waals surface area contributed by atoms with E-state index in [1.165, 1.54) is 21.9 Å². The molecule has 2 unspecified atom stereocenters. The number of halogens is 1. The molecule has 1 aromatic carbocycles. The summed E-state index contributed by atoms with van der Waals surface area (Å²) in [6.07, 6.45) is -0.0885. The Balaban J connectivity index is 1.30. The zero-order chi connectivity index (χ0) is 40.7. The smallest absolute Gasteiger partial charge is 0.410 e. The van der Waals surface area contributed by atoms with Gasteiger partial charge in [0.15, 0.2) is 0 Å². The molecule has 6 rings (SSSR count). The van der Waals surface area contributed by atoms with Crippen LogP contribution in [0.5, 0.6) is 0 Å². The van der Waals surface area contributed by atoms with Gasteiger partial charge in [-0.1, -0.05) is 25.6 Å². The molecule has 5 aliphatic rings. The lowest BCUT2D eigenvalue weighted by Crippen LogP contribution is -2.58. The summed E-state index contributed by atoms with van der Waals surface area (Å²) in [5, 5.41) is 4.72. The first-order chi connectivity index (χ1) is 26.3. The fourth-order valence-corrected chi connectivity index (χ4v) is 9.30. The summed E-state index contributed by atoms with van der Waals surface area (Å²) in [4.78, 5) is 86.3. The second-order valence-corrected chi connectivity index (χ2v) is 18.5. The molecule has 2 aliphatic carbocycles. The number of carbonyl (C=O) groups is 6. The van der Waals surface area contributed by atoms with Gasteiger partial charge >= 0.3 is 12.2 Å². The number of rotatable bonds is 6. The zero-order valence-electron chi connectivity index (χ0n) is 32.2. The minimum absolute atomic E-state index is 0.0334. The molecule has 56 heavy (non-hydrogen) atoms. The van der Waals surface area contributed by atoms with Crippen LogP contribution in [0.2, 0.25) is 0 Å². The van der Waals surface area contributed by atoms with Crippen LogP contribution in [0.15, 0.2) is 30.9 Å². The number of alkyl carbamates (subject to hydrolysis) is 1. The van der Waals surface area contributed by atoms with Gasteiger partial charge in [0.25, 0.3) is 5.91 Å². The number of hydrogen-bond donors (Lipinski definition) is 3. The van der Waals surface area contributed by atoms with Crippen molar-refractivity contribution in [1.29, 1.82) is 0 Å². The fraction of sp³-hybridized carbons (Fsp3) is 0.632. The van der Waals surface area contributed by atoms with E-state index in [0.717, 1.165) is 0 Å². The normalized spacial score (nSPS) is 28.4. The number of ether oxygens (including phenoxy) is 2. The van der Waals surface area contributed by atoms with E-state index >= 15 is 0 Å². The first-order valence-corrected chi connectivity index (χ1v) is 20.7. The zero-order valence-corrected chi connectivity index (χ0v) is 33.0. The highest BCUT2D eigenvalue weighted by Gasteiger charge is 2.64. The number of hydrogen-bond acceptors (Lipinski definition) is 10. The van der Waals surface area contributed by atoms with Crippen molar-refractivity contribution in [3.63, 3.8) is 0 Å². The van der Waals surface area contributed by atoms with Gasteiger partial charge in [0.1, 0.15) is 35.1 Å². The quantitative estimate of drug-likeness (QED) is 0.359. The third-order valence-electron chi connectivity index (χ3n) is 11.2. The minimum atomic E-state index is -4.00. The standard InChI is InChI=1S/C38H51FN6O10S/c1-6-31(46)43-15-8-11-29(40-35(50)55-37(3,4)5)33(48)45-20-24(54-36(51)44-19-23-9-7-10-28(39)26(23)21-44)17-30(45)32(47)41-38(18-27(38)22(2)14-16-43)34(49)42-56(52,53)25-12-13-25/h6-7,9-10,22,24-25,27,29-30H,1,8,11-21H2,2-5H3,(H,40,50)(H,41,47)(H,42,49)/t22?,24-,27+,29+,30?,38-/m1/s1. The van der Waals surface area contributed by atoms with Crippen LogP contribution in [-0.4, -0.2) is 113 Å². The van der Waals surface area contributed by atoms with Gasteiger partial charge in [0.2, 0.25) is 27.7 Å². The molecule has 0 spiro atoms. The molecular weight excluding hydrogens is 752 g/mol. The van der Waals surface area contributed by atoms with Gasteiger partial charge in [-0.15, -0.1) is 0 Å². The summed E-state index contributed by atoms with van der Waals surface area (Å²) >= 11 is 0. The van der Waals surface area contributed by atoms with Crippen LogP contribution in [0.1, 0.15) is 83.8 Å². The lowest BCUT2D eigenvalue weighted by atomic mass is 9.97. The predicted molar refractivity (Wildman–Crippen MR) is 198 cm³/mol.